The molecule has 4 heteroatoms. The van der Waals surface area contributed by atoms with Crippen molar-refractivity contribution in [1.82, 2.24) is 4.90 Å². The predicted molar refractivity (Wildman–Crippen MR) is 74.7 cm³/mol. The number of halogens is 1. The molecule has 0 spiro atoms. The number of nitrogens with zero attached hydrogens (tertiary/aromatic N) is 1. The lowest BCUT2D eigenvalue weighted by Gasteiger charge is -2.28. The van der Waals surface area contributed by atoms with E-state index in [-0.39, 0.29) is 6.04 Å². The number of hydrogen-bond acceptors (Lipinski definition) is 2. The van der Waals surface area contributed by atoms with E-state index in [9.17, 15) is 4.79 Å². The van der Waals surface area contributed by atoms with Crippen molar-refractivity contribution in [2.45, 2.75) is 38.6 Å². The number of carbonyl (C=O) groups excluding carboxylic acids is 1. The fourth-order valence-electron chi connectivity index (χ4n) is 2.87. The molecule has 0 aromatic carbocycles. The second-order valence-corrected chi connectivity index (χ2v) is 6.87. The van der Waals surface area contributed by atoms with Crippen LogP contribution >= 0.6 is 23.4 Å². The summed E-state index contributed by atoms with van der Waals surface area (Å²) in [7, 11) is 0. The van der Waals surface area contributed by atoms with Gasteiger partial charge < -0.3 is 4.90 Å². The Balaban J connectivity index is 1.86. The Morgan fingerprint density at radius 3 is 2.71 bits per heavy atom. The van der Waals surface area contributed by atoms with E-state index in [4.69, 9.17) is 11.6 Å². The van der Waals surface area contributed by atoms with Crippen LogP contribution in [0.15, 0.2) is 0 Å². The zero-order valence-corrected chi connectivity index (χ0v) is 12.1. The van der Waals surface area contributed by atoms with Gasteiger partial charge in [0, 0.05) is 24.9 Å². The Morgan fingerprint density at radius 1 is 1.35 bits per heavy atom. The van der Waals surface area contributed by atoms with Crippen LogP contribution < -0.4 is 0 Å². The lowest BCUT2D eigenvalue weighted by Crippen LogP contribution is -2.39. The zero-order valence-electron chi connectivity index (χ0n) is 10.5. The maximum Gasteiger partial charge on any atom is 0.223 e. The normalized spacial score (nSPS) is 30.8. The smallest absolute Gasteiger partial charge is 0.223 e. The van der Waals surface area contributed by atoms with Crippen LogP contribution in [0.5, 0.6) is 0 Å². The highest BCUT2D eigenvalue weighted by molar-refractivity contribution is 7.99. The van der Waals surface area contributed by atoms with Crippen LogP contribution in [0.3, 0.4) is 0 Å². The molecule has 2 nitrogen and oxygen atoms in total. The first kappa shape index (κ1) is 13.5. The van der Waals surface area contributed by atoms with Gasteiger partial charge in [0.15, 0.2) is 0 Å². The molecular weight excluding hydrogens is 254 g/mol. The molecule has 98 valence electrons. The Morgan fingerprint density at radius 2 is 2.06 bits per heavy atom. The lowest BCUT2D eigenvalue weighted by molar-refractivity contribution is -0.133. The lowest BCUT2D eigenvalue weighted by atomic mass is 9.97. The van der Waals surface area contributed by atoms with Gasteiger partial charge in [-0.3, -0.25) is 4.79 Å². The first-order valence-corrected chi connectivity index (χ1v) is 8.34. The molecule has 2 fully saturated rings. The molecule has 0 bridgehead atoms. The van der Waals surface area contributed by atoms with Gasteiger partial charge in [-0.05, 0) is 42.6 Å². The molecule has 1 amide bonds. The summed E-state index contributed by atoms with van der Waals surface area (Å²) in [6.07, 6.45) is 4.29. The Labute approximate surface area is 113 Å². The summed E-state index contributed by atoms with van der Waals surface area (Å²) >= 11 is 8.00. The fraction of sp³-hybridized carbons (Fsp3) is 0.923. The Bertz CT molecular complexity index is 268. The highest BCUT2D eigenvalue weighted by Crippen LogP contribution is 2.29. The largest absolute Gasteiger partial charge is 0.338 e. The van der Waals surface area contributed by atoms with Crippen LogP contribution in [0.25, 0.3) is 0 Å². The summed E-state index contributed by atoms with van der Waals surface area (Å²) in [5.41, 5.74) is 0. The fourth-order valence-corrected chi connectivity index (χ4v) is 4.54. The molecule has 2 aliphatic heterocycles. The monoisotopic (exact) mass is 275 g/mol. The second-order valence-electron chi connectivity index (χ2n) is 5.33. The van der Waals surface area contributed by atoms with Crippen molar-refractivity contribution in [3.05, 3.63) is 0 Å². The van der Waals surface area contributed by atoms with E-state index in [1.54, 1.807) is 0 Å². The maximum absolute atomic E-state index is 12.3. The number of likely N-dealkylation sites (tertiary alicyclic amines) is 1. The summed E-state index contributed by atoms with van der Waals surface area (Å²) < 4.78 is 0. The van der Waals surface area contributed by atoms with Gasteiger partial charge in [-0.15, -0.1) is 11.6 Å². The molecule has 0 N–H and O–H groups in total. The molecular formula is C13H22ClNOS. The minimum Gasteiger partial charge on any atom is -0.338 e. The maximum atomic E-state index is 12.3. The van der Waals surface area contributed by atoms with E-state index >= 15 is 0 Å². The van der Waals surface area contributed by atoms with Gasteiger partial charge in [0.05, 0.1) is 0 Å². The summed E-state index contributed by atoms with van der Waals surface area (Å²) in [5.74, 6) is 4.58. The van der Waals surface area contributed by atoms with Gasteiger partial charge in [-0.1, -0.05) is 6.92 Å². The molecule has 2 unspecified atom stereocenters. The zero-order chi connectivity index (χ0) is 12.3. The summed E-state index contributed by atoms with van der Waals surface area (Å²) in [6, 6.07) is 0.280. The van der Waals surface area contributed by atoms with E-state index in [1.165, 1.54) is 24.3 Å². The molecule has 0 aliphatic carbocycles. The van der Waals surface area contributed by atoms with Crippen molar-refractivity contribution in [1.29, 1.82) is 0 Å². The molecule has 2 saturated heterocycles. The molecule has 2 atom stereocenters. The molecule has 0 radical (unpaired) electrons. The quantitative estimate of drug-likeness (QED) is 0.738. The number of hydrogen-bond donors (Lipinski definition) is 0. The number of amides is 1. The summed E-state index contributed by atoms with van der Waals surface area (Å²) in [6.45, 7) is 3.12. The molecule has 2 heterocycles. The van der Waals surface area contributed by atoms with Crippen molar-refractivity contribution >= 4 is 29.3 Å². The average molecular weight is 276 g/mol. The van der Waals surface area contributed by atoms with Crippen molar-refractivity contribution in [2.75, 3.05) is 23.9 Å². The minimum absolute atomic E-state index is 0.280. The molecule has 0 aromatic heterocycles. The van der Waals surface area contributed by atoms with E-state index in [0.717, 1.165) is 19.4 Å². The number of thioether (sulfide) groups is 1. The van der Waals surface area contributed by atoms with Crippen LogP contribution in [0.2, 0.25) is 0 Å². The predicted octanol–water partition coefficient (Wildman–Crippen LogP) is 3.00. The number of carbonyl (C=O) groups is 1. The van der Waals surface area contributed by atoms with E-state index in [2.05, 4.69) is 6.92 Å². The topological polar surface area (TPSA) is 20.3 Å². The van der Waals surface area contributed by atoms with E-state index in [1.807, 2.05) is 16.7 Å². The third-order valence-corrected chi connectivity index (χ3v) is 5.53. The summed E-state index contributed by atoms with van der Waals surface area (Å²) in [4.78, 5) is 14.3. The van der Waals surface area contributed by atoms with Crippen molar-refractivity contribution < 1.29 is 4.79 Å². The standard InChI is InChI=1S/C13H22ClNOS/c1-10-2-5-15(12(10)9-14)13(16)8-11-3-6-17-7-4-11/h10-12H,2-9H2,1H3. The first-order chi connectivity index (χ1) is 8.22. The second kappa shape index (κ2) is 6.33. The van der Waals surface area contributed by atoms with Gasteiger partial charge in [-0.25, -0.2) is 0 Å². The van der Waals surface area contributed by atoms with Gasteiger partial charge in [0.1, 0.15) is 0 Å². The van der Waals surface area contributed by atoms with Crippen LogP contribution in [0.1, 0.15) is 32.6 Å². The Hall–Kier alpha value is 0.110. The molecule has 0 saturated carbocycles. The van der Waals surface area contributed by atoms with Crippen molar-refractivity contribution in [3.63, 3.8) is 0 Å². The van der Waals surface area contributed by atoms with Crippen LogP contribution in [0, 0.1) is 11.8 Å². The van der Waals surface area contributed by atoms with Crippen molar-refractivity contribution in [2.24, 2.45) is 11.8 Å². The van der Waals surface area contributed by atoms with Gasteiger partial charge in [-0.2, -0.15) is 11.8 Å². The number of alkyl halides is 1. The SMILES string of the molecule is CC1CCN(C(=O)CC2CCSCC2)C1CCl. The highest BCUT2D eigenvalue weighted by atomic mass is 35.5. The first-order valence-electron chi connectivity index (χ1n) is 6.65. The van der Waals surface area contributed by atoms with E-state index < -0.39 is 0 Å². The Kier molecular flexibility index (Phi) is 5.04. The van der Waals surface area contributed by atoms with Gasteiger partial charge in [0.2, 0.25) is 5.91 Å². The average Bonchev–Trinajstić information content (AvgIpc) is 2.71. The van der Waals surface area contributed by atoms with Gasteiger partial charge in [0.25, 0.3) is 0 Å². The van der Waals surface area contributed by atoms with Crippen LogP contribution in [-0.2, 0) is 4.79 Å². The molecule has 17 heavy (non-hydrogen) atoms. The van der Waals surface area contributed by atoms with Crippen molar-refractivity contribution in [3.8, 4) is 0 Å². The third-order valence-electron chi connectivity index (χ3n) is 4.17. The molecule has 2 rings (SSSR count). The van der Waals surface area contributed by atoms with Crippen LogP contribution in [-0.4, -0.2) is 40.8 Å². The molecule has 2 aliphatic rings. The van der Waals surface area contributed by atoms with Crippen LogP contribution in [0.4, 0.5) is 0 Å². The molecule has 0 aromatic rings. The van der Waals surface area contributed by atoms with Gasteiger partial charge >= 0.3 is 0 Å². The van der Waals surface area contributed by atoms with E-state index in [0.29, 0.717) is 23.6 Å². The third kappa shape index (κ3) is 3.31. The number of rotatable bonds is 3. The highest BCUT2D eigenvalue weighted by Gasteiger charge is 2.34. The minimum atomic E-state index is 0.280. The summed E-state index contributed by atoms with van der Waals surface area (Å²) in [5, 5.41) is 0.